The predicted molar refractivity (Wildman–Crippen MR) is 63.0 cm³/mol. The van der Waals surface area contributed by atoms with Crippen molar-refractivity contribution in [3.63, 3.8) is 0 Å². The molecule has 0 aromatic heterocycles. The van der Waals surface area contributed by atoms with Gasteiger partial charge in [0.2, 0.25) is 0 Å². The van der Waals surface area contributed by atoms with Crippen molar-refractivity contribution in [1.29, 1.82) is 0 Å². The van der Waals surface area contributed by atoms with Crippen LogP contribution in [-0.2, 0) is 0 Å². The molecule has 0 aliphatic rings. The highest BCUT2D eigenvalue weighted by atomic mass is 16.3. The van der Waals surface area contributed by atoms with Gasteiger partial charge in [0.15, 0.2) is 0 Å². The van der Waals surface area contributed by atoms with Crippen LogP contribution in [0, 0.1) is 17.2 Å². The quantitative estimate of drug-likeness (QED) is 0.413. The molecule has 0 amide bonds. The molecule has 1 aromatic carbocycles. The summed E-state index contributed by atoms with van der Waals surface area (Å²) in [7, 11) is 0. The van der Waals surface area contributed by atoms with Gasteiger partial charge in [-0.1, -0.05) is 45.0 Å². The lowest BCUT2D eigenvalue weighted by atomic mass is 9.84. The van der Waals surface area contributed by atoms with Crippen molar-refractivity contribution in [3.05, 3.63) is 40.3 Å². The topological polar surface area (TPSA) is 41.8 Å². The van der Waals surface area contributed by atoms with Crippen molar-refractivity contribution in [1.82, 2.24) is 0 Å². The summed E-state index contributed by atoms with van der Waals surface area (Å²) >= 11 is 0. The highest BCUT2D eigenvalue weighted by Gasteiger charge is 2.22. The Bertz CT molecular complexity index is 389. The first-order valence-corrected chi connectivity index (χ1v) is 4.93. The molecule has 0 aliphatic heterocycles. The molecule has 3 heteroatoms. The van der Waals surface area contributed by atoms with E-state index in [4.69, 9.17) is 0 Å². The summed E-state index contributed by atoms with van der Waals surface area (Å²) < 4.78 is 0. The largest absolute Gasteiger partial charge is 0.123 e. The monoisotopic (exact) mass is 204 g/mol. The maximum absolute atomic E-state index is 10.3. The Kier molecular flexibility index (Phi) is 3.35. The predicted octanol–water partition coefficient (Wildman–Crippen LogP) is 3.51. The van der Waals surface area contributed by atoms with Crippen molar-refractivity contribution in [2.75, 3.05) is 0 Å². The van der Waals surface area contributed by atoms with Crippen LogP contribution in [0.15, 0.2) is 34.7 Å². The molecule has 0 bridgehead atoms. The second-order valence-corrected chi connectivity index (χ2v) is 4.60. The van der Waals surface area contributed by atoms with Crippen LogP contribution in [0.2, 0.25) is 0 Å². The van der Waals surface area contributed by atoms with E-state index in [0.717, 1.165) is 16.8 Å². The van der Waals surface area contributed by atoms with E-state index in [2.05, 4.69) is 10.4 Å². The summed E-state index contributed by atoms with van der Waals surface area (Å²) in [5, 5.41) is 6.37. The highest BCUT2D eigenvalue weighted by Crippen LogP contribution is 2.24. The number of hydrogen-bond donors (Lipinski definition) is 0. The van der Waals surface area contributed by atoms with Gasteiger partial charge < -0.3 is 0 Å². The van der Waals surface area contributed by atoms with Crippen LogP contribution in [-0.4, -0.2) is 5.71 Å². The molecule has 0 radical (unpaired) electrons. The van der Waals surface area contributed by atoms with Gasteiger partial charge in [0.05, 0.1) is 11.0 Å². The Morgan fingerprint density at radius 2 is 1.80 bits per heavy atom. The van der Waals surface area contributed by atoms with Gasteiger partial charge in [-0.2, -0.15) is 0 Å². The lowest BCUT2D eigenvalue weighted by Gasteiger charge is -2.21. The van der Waals surface area contributed by atoms with Gasteiger partial charge in [0.1, 0.15) is 0 Å². The molecule has 15 heavy (non-hydrogen) atoms. The minimum absolute atomic E-state index is 0.181. The molecule has 0 saturated carbocycles. The standard InChI is InChI=1S/C12H16N2O/c1-9-7-5-6-8-10(9)11(13-14-15)12(2,3)4/h5-8H,1-4H3. The van der Waals surface area contributed by atoms with Gasteiger partial charge in [-0.3, -0.25) is 0 Å². The van der Waals surface area contributed by atoms with Gasteiger partial charge in [0, 0.05) is 11.0 Å². The lowest BCUT2D eigenvalue weighted by molar-refractivity contribution is 0.589. The molecule has 1 rings (SSSR count). The molecule has 80 valence electrons. The maximum atomic E-state index is 10.3. The zero-order valence-electron chi connectivity index (χ0n) is 9.61. The van der Waals surface area contributed by atoms with Crippen LogP contribution >= 0.6 is 0 Å². The second-order valence-electron chi connectivity index (χ2n) is 4.60. The number of rotatable bonds is 2. The van der Waals surface area contributed by atoms with Gasteiger partial charge in [-0.05, 0) is 12.5 Å². The molecular weight excluding hydrogens is 188 g/mol. The van der Waals surface area contributed by atoms with E-state index in [-0.39, 0.29) is 5.41 Å². The van der Waals surface area contributed by atoms with Crippen molar-refractivity contribution in [3.8, 4) is 0 Å². The molecule has 0 aliphatic carbocycles. The molecule has 0 saturated heterocycles. The van der Waals surface area contributed by atoms with Crippen LogP contribution in [0.1, 0.15) is 31.9 Å². The number of aryl methyl sites for hydroxylation is 1. The first-order valence-electron chi connectivity index (χ1n) is 4.93. The number of benzene rings is 1. The number of nitroso groups, excluding NO2 is 1. The van der Waals surface area contributed by atoms with E-state index in [1.807, 2.05) is 52.0 Å². The normalized spacial score (nSPS) is 12.7. The van der Waals surface area contributed by atoms with E-state index in [9.17, 15) is 4.91 Å². The molecule has 0 fully saturated rings. The average molecular weight is 204 g/mol. The fourth-order valence-corrected chi connectivity index (χ4v) is 1.49. The van der Waals surface area contributed by atoms with Crippen LogP contribution in [0.3, 0.4) is 0 Å². The summed E-state index contributed by atoms with van der Waals surface area (Å²) in [5.41, 5.74) is 2.65. The highest BCUT2D eigenvalue weighted by molar-refractivity contribution is 6.05. The summed E-state index contributed by atoms with van der Waals surface area (Å²) in [6, 6.07) is 7.87. The van der Waals surface area contributed by atoms with Crippen molar-refractivity contribution in [2.24, 2.45) is 15.8 Å². The minimum atomic E-state index is -0.181. The van der Waals surface area contributed by atoms with Crippen molar-refractivity contribution < 1.29 is 0 Å². The van der Waals surface area contributed by atoms with E-state index >= 15 is 0 Å². The fraction of sp³-hybridized carbons (Fsp3) is 0.417. The van der Waals surface area contributed by atoms with E-state index in [1.54, 1.807) is 0 Å². The first kappa shape index (κ1) is 11.6. The molecule has 0 N–H and O–H groups in total. The number of nitrogens with zero attached hydrogens (tertiary/aromatic N) is 2. The SMILES string of the molecule is Cc1ccccc1C(=NN=O)C(C)(C)C. The third-order valence-electron chi connectivity index (χ3n) is 2.25. The first-order chi connectivity index (χ1) is 6.96. The average Bonchev–Trinajstić information content (AvgIpc) is 2.14. The van der Waals surface area contributed by atoms with Crippen LogP contribution in [0.4, 0.5) is 0 Å². The van der Waals surface area contributed by atoms with Crippen LogP contribution in [0.25, 0.3) is 0 Å². The smallest absolute Gasteiger partial charge is 0.0800 e. The summed E-state index contributed by atoms with van der Waals surface area (Å²) in [6.07, 6.45) is 0. The Hall–Kier alpha value is -1.51. The Morgan fingerprint density at radius 3 is 2.27 bits per heavy atom. The summed E-state index contributed by atoms with van der Waals surface area (Å²) in [6.45, 7) is 8.05. The van der Waals surface area contributed by atoms with Crippen LogP contribution < -0.4 is 0 Å². The Morgan fingerprint density at radius 1 is 1.20 bits per heavy atom. The van der Waals surface area contributed by atoms with E-state index in [1.165, 1.54) is 0 Å². The van der Waals surface area contributed by atoms with Crippen LogP contribution in [0.5, 0.6) is 0 Å². The maximum Gasteiger partial charge on any atom is 0.0800 e. The van der Waals surface area contributed by atoms with Gasteiger partial charge >= 0.3 is 0 Å². The number of hydrogen-bond acceptors (Lipinski definition) is 2. The zero-order chi connectivity index (χ0) is 11.5. The minimum Gasteiger partial charge on any atom is -0.123 e. The Balaban J connectivity index is 3.29. The second kappa shape index (κ2) is 4.34. The lowest BCUT2D eigenvalue weighted by Crippen LogP contribution is -2.22. The summed E-state index contributed by atoms with van der Waals surface area (Å²) in [5.74, 6) is 0. The molecular formula is C12H16N2O. The van der Waals surface area contributed by atoms with Crippen molar-refractivity contribution in [2.45, 2.75) is 27.7 Å². The Labute approximate surface area is 90.2 Å². The van der Waals surface area contributed by atoms with Gasteiger partial charge in [-0.15, -0.1) is 10.0 Å². The van der Waals surface area contributed by atoms with Gasteiger partial charge in [0.25, 0.3) is 0 Å². The fourth-order valence-electron chi connectivity index (χ4n) is 1.49. The molecule has 1 aromatic rings. The zero-order valence-corrected chi connectivity index (χ0v) is 9.61. The van der Waals surface area contributed by atoms with Gasteiger partial charge in [-0.25, -0.2) is 0 Å². The van der Waals surface area contributed by atoms with E-state index < -0.39 is 0 Å². The molecule has 0 atom stereocenters. The molecule has 0 heterocycles. The molecule has 0 spiro atoms. The molecule has 0 unspecified atom stereocenters. The third-order valence-corrected chi connectivity index (χ3v) is 2.25. The third kappa shape index (κ3) is 2.72. The molecule has 3 nitrogen and oxygen atoms in total. The summed E-state index contributed by atoms with van der Waals surface area (Å²) in [4.78, 5) is 10.3. The van der Waals surface area contributed by atoms with Crippen molar-refractivity contribution >= 4 is 5.71 Å². The van der Waals surface area contributed by atoms with E-state index in [0.29, 0.717) is 0 Å².